The highest BCUT2D eigenvalue weighted by atomic mass is 16.5. The lowest BCUT2D eigenvalue weighted by atomic mass is 10.3. The van der Waals surface area contributed by atoms with Crippen molar-refractivity contribution in [1.82, 2.24) is 0 Å². The van der Waals surface area contributed by atoms with E-state index in [1.165, 1.54) is 6.92 Å². The summed E-state index contributed by atoms with van der Waals surface area (Å²) in [6.45, 7) is 10.1. The first-order chi connectivity index (χ1) is 7.40. The van der Waals surface area contributed by atoms with Gasteiger partial charge >= 0.3 is 5.97 Å². The number of rotatable bonds is 6. The number of carbonyl (C=O) groups is 1. The van der Waals surface area contributed by atoms with Gasteiger partial charge in [0.05, 0.1) is 18.8 Å². The summed E-state index contributed by atoms with van der Waals surface area (Å²) in [5, 5.41) is 8.29. The molecule has 0 aliphatic carbocycles. The highest BCUT2D eigenvalue weighted by molar-refractivity contribution is 5.65. The first-order valence-electron chi connectivity index (χ1n) is 5.79. The van der Waals surface area contributed by atoms with Gasteiger partial charge in [0.15, 0.2) is 0 Å². The Morgan fingerprint density at radius 3 is 1.88 bits per heavy atom. The second-order valence-corrected chi connectivity index (χ2v) is 4.00. The van der Waals surface area contributed by atoms with Crippen LogP contribution in [0, 0.1) is 0 Å². The highest BCUT2D eigenvalue weighted by Crippen LogP contribution is 1.93. The molecule has 0 radical (unpaired) electrons. The summed E-state index contributed by atoms with van der Waals surface area (Å²) in [5.74, 6) is -0.257. The van der Waals surface area contributed by atoms with Crippen LogP contribution in [-0.4, -0.2) is 36.5 Å². The molecule has 0 aliphatic rings. The van der Waals surface area contributed by atoms with Crippen LogP contribution in [0.3, 0.4) is 0 Å². The summed E-state index contributed by atoms with van der Waals surface area (Å²) in [6.07, 6.45) is 2.20. The molecule has 0 atom stereocenters. The molecule has 0 heterocycles. The highest BCUT2D eigenvalue weighted by Gasteiger charge is 1.94. The molecule has 0 unspecified atom stereocenters. The lowest BCUT2D eigenvalue weighted by molar-refractivity contribution is -0.141. The summed E-state index contributed by atoms with van der Waals surface area (Å²) in [5.41, 5.74) is 0. The van der Waals surface area contributed by atoms with Crippen LogP contribution in [-0.2, 0) is 14.3 Å². The maximum atomic E-state index is 10.1. The minimum Gasteiger partial charge on any atom is -0.466 e. The number of unbranched alkanes of at least 4 members (excludes halogenated alkanes) is 1. The van der Waals surface area contributed by atoms with Gasteiger partial charge in [0.25, 0.3) is 0 Å². The van der Waals surface area contributed by atoms with Crippen LogP contribution in [0.4, 0.5) is 0 Å². The first-order valence-corrected chi connectivity index (χ1v) is 5.79. The summed E-state index contributed by atoms with van der Waals surface area (Å²) < 4.78 is 9.84. The zero-order valence-electron chi connectivity index (χ0n) is 11.2. The largest absolute Gasteiger partial charge is 0.466 e. The second kappa shape index (κ2) is 12.5. The van der Waals surface area contributed by atoms with Crippen LogP contribution in [0.15, 0.2) is 0 Å². The monoisotopic (exact) mass is 234 g/mol. The topological polar surface area (TPSA) is 55.8 Å². The van der Waals surface area contributed by atoms with Crippen LogP contribution in [0.5, 0.6) is 0 Å². The Morgan fingerprint density at radius 2 is 1.62 bits per heavy atom. The van der Waals surface area contributed by atoms with E-state index < -0.39 is 0 Å². The molecule has 0 bridgehead atoms. The molecular weight excluding hydrogens is 208 g/mol. The Hall–Kier alpha value is -0.610. The molecular formula is C12H26O4. The minimum atomic E-state index is -0.257. The van der Waals surface area contributed by atoms with Gasteiger partial charge in [-0.05, 0) is 40.5 Å². The third-order valence-corrected chi connectivity index (χ3v) is 1.40. The first kappa shape index (κ1) is 17.8. The maximum Gasteiger partial charge on any atom is 0.302 e. The van der Waals surface area contributed by atoms with Crippen LogP contribution in [0.1, 0.15) is 47.5 Å². The third kappa shape index (κ3) is 23.3. The van der Waals surface area contributed by atoms with Crippen LogP contribution in [0.25, 0.3) is 0 Å². The van der Waals surface area contributed by atoms with Crippen LogP contribution in [0.2, 0.25) is 0 Å². The number of hydrogen-bond donors (Lipinski definition) is 1. The molecule has 0 saturated carbocycles. The van der Waals surface area contributed by atoms with Crippen LogP contribution < -0.4 is 0 Å². The SMILES string of the molecule is CC(=O)OCCCCO.CC(C)OC(C)C. The fourth-order valence-electron chi connectivity index (χ4n) is 0.974. The summed E-state index contributed by atoms with van der Waals surface area (Å²) in [6, 6.07) is 0. The molecule has 0 aliphatic heterocycles. The zero-order valence-corrected chi connectivity index (χ0v) is 11.2. The van der Waals surface area contributed by atoms with Gasteiger partial charge in [0.2, 0.25) is 0 Å². The van der Waals surface area contributed by atoms with Crippen LogP contribution >= 0.6 is 0 Å². The zero-order chi connectivity index (χ0) is 13.0. The molecule has 0 fully saturated rings. The number of aliphatic hydroxyl groups excluding tert-OH is 1. The molecule has 0 aromatic heterocycles. The van der Waals surface area contributed by atoms with Crippen molar-refractivity contribution in [3.63, 3.8) is 0 Å². The van der Waals surface area contributed by atoms with Gasteiger partial charge < -0.3 is 14.6 Å². The van der Waals surface area contributed by atoms with Crippen molar-refractivity contribution in [2.45, 2.75) is 59.7 Å². The van der Waals surface area contributed by atoms with E-state index >= 15 is 0 Å². The number of carbonyl (C=O) groups excluding carboxylic acids is 1. The number of hydrogen-bond acceptors (Lipinski definition) is 4. The Balaban J connectivity index is 0. The predicted molar refractivity (Wildman–Crippen MR) is 64.3 cm³/mol. The van der Waals surface area contributed by atoms with E-state index in [0.717, 1.165) is 6.42 Å². The lowest BCUT2D eigenvalue weighted by Gasteiger charge is -2.09. The van der Waals surface area contributed by atoms with Crippen molar-refractivity contribution < 1.29 is 19.4 Å². The molecule has 0 aromatic carbocycles. The van der Waals surface area contributed by atoms with Crippen molar-refractivity contribution in [2.24, 2.45) is 0 Å². The summed E-state index contributed by atoms with van der Waals surface area (Å²) in [4.78, 5) is 10.1. The van der Waals surface area contributed by atoms with Gasteiger partial charge in [-0.2, -0.15) is 0 Å². The molecule has 98 valence electrons. The number of ether oxygens (including phenoxy) is 2. The van der Waals surface area contributed by atoms with E-state index in [1.54, 1.807) is 0 Å². The van der Waals surface area contributed by atoms with E-state index in [2.05, 4.69) is 4.74 Å². The van der Waals surface area contributed by atoms with Crippen molar-refractivity contribution in [1.29, 1.82) is 0 Å². The Morgan fingerprint density at radius 1 is 1.12 bits per heavy atom. The van der Waals surface area contributed by atoms with Gasteiger partial charge in [-0.25, -0.2) is 0 Å². The molecule has 0 aromatic rings. The smallest absolute Gasteiger partial charge is 0.302 e. The normalized spacial score (nSPS) is 10.0. The molecule has 0 spiro atoms. The average Bonchev–Trinajstić information content (AvgIpc) is 2.11. The number of esters is 1. The van der Waals surface area contributed by atoms with Crippen molar-refractivity contribution in [3.8, 4) is 0 Å². The van der Waals surface area contributed by atoms with Crippen molar-refractivity contribution >= 4 is 5.97 Å². The van der Waals surface area contributed by atoms with Gasteiger partial charge in [-0.3, -0.25) is 4.79 Å². The molecule has 4 nitrogen and oxygen atoms in total. The second-order valence-electron chi connectivity index (χ2n) is 4.00. The fraction of sp³-hybridized carbons (Fsp3) is 0.917. The van der Waals surface area contributed by atoms with Crippen molar-refractivity contribution in [3.05, 3.63) is 0 Å². The van der Waals surface area contributed by atoms with E-state index in [4.69, 9.17) is 9.84 Å². The maximum absolute atomic E-state index is 10.1. The van der Waals surface area contributed by atoms with Gasteiger partial charge in [-0.15, -0.1) is 0 Å². The quantitative estimate of drug-likeness (QED) is 0.565. The standard InChI is InChI=1S/C6H12O3.C6H14O/c1-6(8)9-5-3-2-4-7;1-5(2)7-6(3)4/h7H,2-5H2,1H3;5-6H,1-4H3. The Labute approximate surface area is 98.9 Å². The van der Waals surface area contributed by atoms with E-state index in [0.29, 0.717) is 25.2 Å². The Bertz CT molecular complexity index is 149. The van der Waals surface area contributed by atoms with E-state index in [1.807, 2.05) is 27.7 Å². The minimum absolute atomic E-state index is 0.168. The average molecular weight is 234 g/mol. The summed E-state index contributed by atoms with van der Waals surface area (Å²) in [7, 11) is 0. The molecule has 4 heteroatoms. The Kier molecular flexibility index (Phi) is 13.8. The van der Waals surface area contributed by atoms with E-state index in [9.17, 15) is 4.79 Å². The number of aliphatic hydroxyl groups is 1. The third-order valence-electron chi connectivity index (χ3n) is 1.40. The van der Waals surface area contributed by atoms with Gasteiger partial charge in [0, 0.05) is 13.5 Å². The van der Waals surface area contributed by atoms with Crippen molar-refractivity contribution in [2.75, 3.05) is 13.2 Å². The predicted octanol–water partition coefficient (Wildman–Crippen LogP) is 2.14. The molecule has 0 amide bonds. The van der Waals surface area contributed by atoms with Gasteiger partial charge in [0.1, 0.15) is 0 Å². The molecule has 0 saturated heterocycles. The fourth-order valence-corrected chi connectivity index (χ4v) is 0.974. The lowest BCUT2D eigenvalue weighted by Crippen LogP contribution is -2.09. The van der Waals surface area contributed by atoms with E-state index in [-0.39, 0.29) is 12.6 Å². The molecule has 0 rings (SSSR count). The molecule has 16 heavy (non-hydrogen) atoms. The molecule has 1 N–H and O–H groups in total. The summed E-state index contributed by atoms with van der Waals surface area (Å²) >= 11 is 0. The van der Waals surface area contributed by atoms with Gasteiger partial charge in [-0.1, -0.05) is 0 Å².